The van der Waals surface area contributed by atoms with Crippen LogP contribution in [0.1, 0.15) is 124 Å². The minimum atomic E-state index is -0.853. The van der Waals surface area contributed by atoms with Crippen molar-refractivity contribution < 1.29 is 19.2 Å². The average molecular weight is 514 g/mol. The van der Waals surface area contributed by atoms with Crippen molar-refractivity contribution in [3.63, 3.8) is 0 Å². The minimum Gasteiger partial charge on any atom is -0.481 e. The standard InChI is InChI=1S/C30H40ClNO4/c1-18(2)14-20-5-8-22(9-6-20)30-28(21-10-11-21)29(32-36-30)24(12-13-27(34)35)17-25(33)16-23-7-4-19(3)15-26(23)31/h4,7,15,18,20-22,24H,5-6,8-14,16-17H2,1-3H3,(H,34,35). The van der Waals surface area contributed by atoms with E-state index in [1.54, 1.807) is 0 Å². The maximum atomic E-state index is 13.1. The Balaban J connectivity index is 1.52. The summed E-state index contributed by atoms with van der Waals surface area (Å²) in [5, 5.41) is 14.5. The number of hydrogen-bond donors (Lipinski definition) is 1. The van der Waals surface area contributed by atoms with E-state index in [2.05, 4.69) is 19.0 Å². The highest BCUT2D eigenvalue weighted by molar-refractivity contribution is 6.31. The van der Waals surface area contributed by atoms with Crippen LogP contribution in [0.4, 0.5) is 0 Å². The van der Waals surface area contributed by atoms with Crippen LogP contribution in [-0.2, 0) is 16.0 Å². The molecule has 1 aromatic heterocycles. The van der Waals surface area contributed by atoms with Crippen LogP contribution in [0.5, 0.6) is 0 Å². The van der Waals surface area contributed by atoms with Gasteiger partial charge in [-0.25, -0.2) is 0 Å². The topological polar surface area (TPSA) is 80.4 Å². The van der Waals surface area contributed by atoms with Crippen LogP contribution in [0.15, 0.2) is 22.7 Å². The summed E-state index contributed by atoms with van der Waals surface area (Å²) in [4.78, 5) is 24.6. The van der Waals surface area contributed by atoms with Gasteiger partial charge in [-0.05, 0) is 93.2 Å². The SMILES string of the molecule is Cc1ccc(CC(=O)CC(CCC(=O)O)c2noc(C3CCC(CC(C)C)CC3)c2C2CC2)c(Cl)c1. The molecule has 36 heavy (non-hydrogen) atoms. The van der Waals surface area contributed by atoms with E-state index in [1.165, 1.54) is 24.8 Å². The van der Waals surface area contributed by atoms with Crippen molar-refractivity contribution in [1.82, 2.24) is 5.16 Å². The van der Waals surface area contributed by atoms with Crippen LogP contribution in [-0.4, -0.2) is 22.0 Å². The highest BCUT2D eigenvalue weighted by Gasteiger charge is 2.38. The molecule has 0 radical (unpaired) electrons. The molecule has 196 valence electrons. The summed E-state index contributed by atoms with van der Waals surface area (Å²) in [5.74, 6) is 2.31. The number of Topliss-reactive ketones (excluding diaryl/α,β-unsaturated/α-hetero) is 1. The van der Waals surface area contributed by atoms with Crippen molar-refractivity contribution in [1.29, 1.82) is 0 Å². The van der Waals surface area contributed by atoms with Crippen LogP contribution in [0.25, 0.3) is 0 Å². The lowest BCUT2D eigenvalue weighted by Crippen LogP contribution is -2.16. The number of hydrogen-bond acceptors (Lipinski definition) is 4. The smallest absolute Gasteiger partial charge is 0.303 e. The van der Waals surface area contributed by atoms with Gasteiger partial charge in [-0.15, -0.1) is 0 Å². The summed E-state index contributed by atoms with van der Waals surface area (Å²) < 4.78 is 6.04. The second-order valence-corrected chi connectivity index (χ2v) is 12.0. The average Bonchev–Trinajstić information content (AvgIpc) is 3.56. The zero-order valence-electron chi connectivity index (χ0n) is 21.9. The molecule has 2 fully saturated rings. The Morgan fingerprint density at radius 2 is 1.81 bits per heavy atom. The first-order valence-corrected chi connectivity index (χ1v) is 14.1. The Bertz CT molecular complexity index is 1060. The van der Waals surface area contributed by atoms with Gasteiger partial charge < -0.3 is 9.63 Å². The summed E-state index contributed by atoms with van der Waals surface area (Å²) >= 11 is 6.37. The molecule has 2 saturated carbocycles. The summed E-state index contributed by atoms with van der Waals surface area (Å²) in [7, 11) is 0. The Labute approximate surface area is 220 Å². The molecule has 2 aromatic rings. The molecule has 0 aliphatic heterocycles. The Morgan fingerprint density at radius 1 is 1.11 bits per heavy atom. The first-order valence-electron chi connectivity index (χ1n) is 13.7. The molecule has 1 heterocycles. The summed E-state index contributed by atoms with van der Waals surface area (Å²) in [6, 6.07) is 5.74. The Hall–Kier alpha value is -2.14. The molecule has 0 spiro atoms. The summed E-state index contributed by atoms with van der Waals surface area (Å²) in [6.07, 6.45) is 9.09. The number of carbonyl (C=O) groups is 2. The lowest BCUT2D eigenvalue weighted by Gasteiger charge is -2.28. The number of nitrogens with zero attached hydrogens (tertiary/aromatic N) is 1. The van der Waals surface area contributed by atoms with Gasteiger partial charge in [0.05, 0.1) is 5.69 Å². The van der Waals surface area contributed by atoms with Crippen molar-refractivity contribution in [2.24, 2.45) is 11.8 Å². The van der Waals surface area contributed by atoms with E-state index in [9.17, 15) is 14.7 Å². The minimum absolute atomic E-state index is 0.00977. The molecule has 2 aliphatic rings. The van der Waals surface area contributed by atoms with E-state index in [0.29, 0.717) is 23.3 Å². The molecule has 6 heteroatoms. The molecule has 1 N–H and O–H groups in total. The van der Waals surface area contributed by atoms with E-state index in [-0.39, 0.29) is 31.0 Å². The third kappa shape index (κ3) is 7.00. The van der Waals surface area contributed by atoms with Crippen LogP contribution in [0.2, 0.25) is 5.02 Å². The highest BCUT2D eigenvalue weighted by Crippen LogP contribution is 2.50. The number of rotatable bonds is 12. The lowest BCUT2D eigenvalue weighted by molar-refractivity contribution is -0.137. The number of carbonyl (C=O) groups excluding carboxylic acids is 1. The second kappa shape index (κ2) is 11.9. The van der Waals surface area contributed by atoms with Crippen molar-refractivity contribution in [2.45, 2.75) is 109 Å². The number of aliphatic carboxylic acids is 1. The maximum absolute atomic E-state index is 13.1. The first kappa shape index (κ1) is 26.9. The molecule has 1 aromatic carbocycles. The highest BCUT2D eigenvalue weighted by atomic mass is 35.5. The predicted molar refractivity (Wildman–Crippen MR) is 142 cm³/mol. The zero-order valence-corrected chi connectivity index (χ0v) is 22.7. The van der Waals surface area contributed by atoms with Gasteiger partial charge in [0.25, 0.3) is 0 Å². The number of ketones is 1. The predicted octanol–water partition coefficient (Wildman–Crippen LogP) is 7.98. The normalized spacial score (nSPS) is 21.0. The number of carboxylic acids is 1. The van der Waals surface area contributed by atoms with Crippen molar-refractivity contribution in [3.8, 4) is 0 Å². The Morgan fingerprint density at radius 3 is 2.42 bits per heavy atom. The first-order chi connectivity index (χ1) is 17.2. The quantitative estimate of drug-likeness (QED) is 0.311. The monoisotopic (exact) mass is 513 g/mol. The molecule has 1 unspecified atom stereocenters. The zero-order chi connectivity index (χ0) is 25.8. The van der Waals surface area contributed by atoms with Gasteiger partial charge in [-0.1, -0.05) is 42.7 Å². The van der Waals surface area contributed by atoms with E-state index < -0.39 is 5.97 Å². The molecule has 0 saturated heterocycles. The van der Waals surface area contributed by atoms with Gasteiger partial charge in [-0.2, -0.15) is 0 Å². The third-order valence-corrected chi connectivity index (χ3v) is 8.31. The molecule has 0 amide bonds. The molecule has 1 atom stereocenters. The lowest BCUT2D eigenvalue weighted by atomic mass is 9.76. The van der Waals surface area contributed by atoms with E-state index in [1.807, 2.05) is 25.1 Å². The fourth-order valence-corrected chi connectivity index (χ4v) is 6.31. The molecular formula is C30H40ClNO4. The molecular weight excluding hydrogens is 474 g/mol. The molecule has 4 rings (SSSR count). The van der Waals surface area contributed by atoms with Crippen LogP contribution >= 0.6 is 11.6 Å². The number of aromatic nitrogens is 1. The van der Waals surface area contributed by atoms with Crippen molar-refractivity contribution in [2.75, 3.05) is 0 Å². The van der Waals surface area contributed by atoms with Crippen LogP contribution in [0, 0.1) is 18.8 Å². The van der Waals surface area contributed by atoms with Gasteiger partial charge in [0.2, 0.25) is 0 Å². The van der Waals surface area contributed by atoms with Crippen LogP contribution in [0.3, 0.4) is 0 Å². The number of benzene rings is 1. The molecule has 5 nitrogen and oxygen atoms in total. The molecule has 2 aliphatic carbocycles. The summed E-state index contributed by atoms with van der Waals surface area (Å²) in [6.45, 7) is 6.56. The number of halogens is 1. The number of carboxylic acid groups (broad SMARTS) is 1. The van der Waals surface area contributed by atoms with Gasteiger partial charge in [-0.3, -0.25) is 9.59 Å². The van der Waals surface area contributed by atoms with Gasteiger partial charge in [0.1, 0.15) is 11.5 Å². The number of aryl methyl sites for hydroxylation is 1. The Kier molecular flexibility index (Phi) is 8.92. The second-order valence-electron chi connectivity index (χ2n) is 11.6. The van der Waals surface area contributed by atoms with Gasteiger partial charge >= 0.3 is 5.97 Å². The largest absolute Gasteiger partial charge is 0.481 e. The molecule has 0 bridgehead atoms. The van der Waals surface area contributed by atoms with E-state index in [4.69, 9.17) is 16.1 Å². The van der Waals surface area contributed by atoms with Crippen LogP contribution < -0.4 is 0 Å². The summed E-state index contributed by atoms with van der Waals surface area (Å²) in [5.41, 5.74) is 3.89. The third-order valence-electron chi connectivity index (χ3n) is 7.96. The van der Waals surface area contributed by atoms with E-state index >= 15 is 0 Å². The fraction of sp³-hybridized carbons (Fsp3) is 0.633. The van der Waals surface area contributed by atoms with Crippen molar-refractivity contribution in [3.05, 3.63) is 51.4 Å². The fourth-order valence-electron chi connectivity index (χ4n) is 6.01. The van der Waals surface area contributed by atoms with Gasteiger partial charge in [0, 0.05) is 41.7 Å². The van der Waals surface area contributed by atoms with Gasteiger partial charge in [0.15, 0.2) is 0 Å². The maximum Gasteiger partial charge on any atom is 0.303 e. The van der Waals surface area contributed by atoms with E-state index in [0.717, 1.165) is 60.1 Å². The van der Waals surface area contributed by atoms with Crippen molar-refractivity contribution >= 4 is 23.4 Å².